The molecule has 11 heteroatoms. The van der Waals surface area contributed by atoms with Gasteiger partial charge in [-0.3, -0.25) is 4.79 Å². The number of aliphatic carboxylic acids is 1. The quantitative estimate of drug-likeness (QED) is 0.209. The predicted molar refractivity (Wildman–Crippen MR) is 159 cm³/mol. The fourth-order valence-corrected chi connectivity index (χ4v) is 6.08. The molecule has 4 aromatic rings. The Balaban J connectivity index is 0.000000472. The topological polar surface area (TPSA) is 98.2 Å². The normalized spacial score (nSPS) is 18.7. The number of amides is 1. The number of rotatable bonds is 6. The molecule has 3 aromatic carbocycles. The van der Waals surface area contributed by atoms with E-state index in [1.165, 1.54) is 40.9 Å². The molecule has 1 amide bonds. The zero-order chi connectivity index (χ0) is 30.9. The van der Waals surface area contributed by atoms with Crippen molar-refractivity contribution in [2.24, 2.45) is 11.7 Å². The van der Waals surface area contributed by atoms with Gasteiger partial charge in [0.2, 0.25) is 5.91 Å². The average Bonchev–Trinajstić information content (AvgIpc) is 3.75. The summed E-state index contributed by atoms with van der Waals surface area (Å²) >= 11 is 12.4. The van der Waals surface area contributed by atoms with Crippen molar-refractivity contribution in [2.45, 2.75) is 62.6 Å². The Hall–Kier alpha value is -3.56. The van der Waals surface area contributed by atoms with E-state index >= 15 is 0 Å². The van der Waals surface area contributed by atoms with Crippen molar-refractivity contribution in [2.75, 3.05) is 0 Å². The Bertz CT molecular complexity index is 1560. The molecule has 43 heavy (non-hydrogen) atoms. The number of halogens is 5. The molecule has 0 aliphatic heterocycles. The molecule has 2 aliphatic carbocycles. The van der Waals surface area contributed by atoms with E-state index < -0.39 is 12.1 Å². The van der Waals surface area contributed by atoms with Gasteiger partial charge in [0, 0.05) is 33.8 Å². The van der Waals surface area contributed by atoms with Gasteiger partial charge in [-0.2, -0.15) is 13.2 Å². The zero-order valence-corrected chi connectivity index (χ0v) is 24.5. The van der Waals surface area contributed by atoms with Crippen molar-refractivity contribution in [3.8, 4) is 0 Å². The van der Waals surface area contributed by atoms with Crippen LogP contribution < -0.4 is 5.73 Å². The van der Waals surface area contributed by atoms with E-state index in [1.807, 2.05) is 24.3 Å². The van der Waals surface area contributed by atoms with Crippen molar-refractivity contribution in [3.63, 3.8) is 0 Å². The summed E-state index contributed by atoms with van der Waals surface area (Å²) < 4.78 is 34.2. The second kappa shape index (κ2) is 12.6. The van der Waals surface area contributed by atoms with Crippen molar-refractivity contribution < 1.29 is 27.9 Å². The van der Waals surface area contributed by atoms with Crippen LogP contribution in [0.25, 0.3) is 11.0 Å². The predicted octanol–water partition coefficient (Wildman–Crippen LogP) is 8.25. The monoisotopic (exact) mass is 631 g/mol. The molecule has 1 aromatic heterocycles. The van der Waals surface area contributed by atoms with Gasteiger partial charge in [0.05, 0.1) is 11.0 Å². The summed E-state index contributed by atoms with van der Waals surface area (Å²) in [6.45, 7) is 0. The SMILES string of the molecule is NC(=O)C1CCC(n2c(C3CC3)nc3ccc(C(c4ccc(Cl)cc4)c4ccc(Cl)cc4)cc32)CC1.O=C(O)C(F)(F)F. The number of carboxylic acids is 1. The van der Waals surface area contributed by atoms with Crippen LogP contribution in [0.4, 0.5) is 13.2 Å². The molecular weight excluding hydrogens is 602 g/mol. The highest BCUT2D eigenvalue weighted by molar-refractivity contribution is 6.30. The lowest BCUT2D eigenvalue weighted by Crippen LogP contribution is -2.28. The van der Waals surface area contributed by atoms with Crippen LogP contribution >= 0.6 is 23.2 Å². The molecule has 6 nitrogen and oxygen atoms in total. The van der Waals surface area contributed by atoms with Crippen LogP contribution in [-0.2, 0) is 9.59 Å². The molecular formula is C32H30Cl2F3N3O3. The van der Waals surface area contributed by atoms with Gasteiger partial charge in [-0.25, -0.2) is 9.78 Å². The van der Waals surface area contributed by atoms with Crippen molar-refractivity contribution >= 4 is 46.1 Å². The summed E-state index contributed by atoms with van der Waals surface area (Å²) in [5.41, 5.74) is 11.4. The Kier molecular flexibility index (Phi) is 9.04. The number of carbonyl (C=O) groups is 2. The van der Waals surface area contributed by atoms with Gasteiger partial charge < -0.3 is 15.4 Å². The van der Waals surface area contributed by atoms with E-state index in [1.54, 1.807) is 0 Å². The number of nitrogens with two attached hydrogens (primary N) is 1. The first kappa shape index (κ1) is 30.9. The molecule has 2 saturated carbocycles. The molecule has 226 valence electrons. The summed E-state index contributed by atoms with van der Waals surface area (Å²) in [6.07, 6.45) is 0.931. The molecule has 1 heterocycles. The van der Waals surface area contributed by atoms with Crippen molar-refractivity contribution in [3.05, 3.63) is 99.3 Å². The molecule has 2 fully saturated rings. The fourth-order valence-electron chi connectivity index (χ4n) is 5.83. The van der Waals surface area contributed by atoms with E-state index in [9.17, 15) is 18.0 Å². The third-order valence-corrected chi connectivity index (χ3v) is 8.63. The highest BCUT2D eigenvalue weighted by Crippen LogP contribution is 2.45. The van der Waals surface area contributed by atoms with Crippen LogP contribution in [0.3, 0.4) is 0 Å². The molecule has 0 saturated heterocycles. The van der Waals surface area contributed by atoms with Crippen molar-refractivity contribution in [1.29, 1.82) is 0 Å². The number of hydrogen-bond acceptors (Lipinski definition) is 3. The molecule has 0 spiro atoms. The number of fused-ring (bicyclic) bond motifs is 1. The first-order chi connectivity index (χ1) is 20.4. The summed E-state index contributed by atoms with van der Waals surface area (Å²) in [5, 5.41) is 8.57. The van der Waals surface area contributed by atoms with Gasteiger partial charge >= 0.3 is 12.1 Å². The first-order valence-corrected chi connectivity index (χ1v) is 14.8. The van der Waals surface area contributed by atoms with Crippen molar-refractivity contribution in [1.82, 2.24) is 9.55 Å². The van der Waals surface area contributed by atoms with Crippen LogP contribution in [0, 0.1) is 5.92 Å². The number of carbonyl (C=O) groups excluding carboxylic acids is 1. The van der Waals surface area contributed by atoms with E-state index in [-0.39, 0.29) is 17.7 Å². The Labute approximate surface area is 256 Å². The van der Waals surface area contributed by atoms with Crippen LogP contribution in [0.15, 0.2) is 66.7 Å². The summed E-state index contributed by atoms with van der Waals surface area (Å²) in [5.74, 6) is -1.13. The maximum Gasteiger partial charge on any atom is 0.490 e. The number of nitrogens with zero attached hydrogens (tertiary/aromatic N) is 2. The summed E-state index contributed by atoms with van der Waals surface area (Å²) in [6, 6.07) is 23.2. The van der Waals surface area contributed by atoms with Crippen LogP contribution in [-0.4, -0.2) is 32.7 Å². The van der Waals surface area contributed by atoms with E-state index in [2.05, 4.69) is 47.0 Å². The third-order valence-electron chi connectivity index (χ3n) is 8.13. The summed E-state index contributed by atoms with van der Waals surface area (Å²) in [7, 11) is 0. The minimum Gasteiger partial charge on any atom is -0.475 e. The lowest BCUT2D eigenvalue weighted by atomic mass is 9.84. The van der Waals surface area contributed by atoms with E-state index in [0.29, 0.717) is 12.0 Å². The van der Waals surface area contributed by atoms with Gasteiger partial charge in [0.1, 0.15) is 5.82 Å². The molecule has 6 rings (SSSR count). The number of alkyl halides is 3. The number of aromatic nitrogens is 2. The highest BCUT2D eigenvalue weighted by atomic mass is 35.5. The molecule has 3 N–H and O–H groups in total. The van der Waals surface area contributed by atoms with Crippen LogP contribution in [0.5, 0.6) is 0 Å². The smallest absolute Gasteiger partial charge is 0.475 e. The van der Waals surface area contributed by atoms with Gasteiger partial charge in [-0.1, -0.05) is 53.5 Å². The molecule has 2 aliphatic rings. The van der Waals surface area contributed by atoms with Gasteiger partial charge in [0.25, 0.3) is 0 Å². The second-order valence-corrected chi connectivity index (χ2v) is 12.0. The largest absolute Gasteiger partial charge is 0.490 e. The first-order valence-electron chi connectivity index (χ1n) is 14.0. The van der Waals surface area contributed by atoms with Gasteiger partial charge in [-0.05, 0) is 91.6 Å². The number of hydrogen-bond donors (Lipinski definition) is 2. The average molecular weight is 633 g/mol. The number of primary amides is 1. The molecule has 0 unspecified atom stereocenters. The zero-order valence-electron chi connectivity index (χ0n) is 23.0. The van der Waals surface area contributed by atoms with E-state index in [0.717, 1.165) is 41.2 Å². The molecule has 0 atom stereocenters. The standard InChI is InChI=1S/C30H29Cl2N3O.C2HF3O2/c31-23-10-3-18(4-11-23)28(19-5-12-24(32)13-6-19)22-9-16-26-27(17-22)35(30(34-26)21-1-2-21)25-14-7-20(8-15-25)29(33)36;3-2(4,5)1(6)7/h3-6,9-13,16-17,20-21,25,28H,1-2,7-8,14-15H2,(H2,33,36);(H,6,7). The Morgan fingerprint density at radius 3 is 1.77 bits per heavy atom. The minimum absolute atomic E-state index is 0.00448. The number of imidazole rings is 1. The second-order valence-electron chi connectivity index (χ2n) is 11.1. The maximum atomic E-state index is 11.8. The molecule has 0 radical (unpaired) electrons. The minimum atomic E-state index is -5.08. The number of benzene rings is 3. The molecule has 0 bridgehead atoms. The third kappa shape index (κ3) is 7.16. The van der Waals surface area contributed by atoms with Gasteiger partial charge in [0.15, 0.2) is 0 Å². The highest BCUT2D eigenvalue weighted by Gasteiger charge is 2.38. The lowest BCUT2D eigenvalue weighted by molar-refractivity contribution is -0.192. The van der Waals surface area contributed by atoms with Crippen LogP contribution in [0.1, 0.15) is 78.9 Å². The van der Waals surface area contributed by atoms with E-state index in [4.69, 9.17) is 43.8 Å². The summed E-state index contributed by atoms with van der Waals surface area (Å²) in [4.78, 5) is 25.8. The number of carboxylic acid groups (broad SMARTS) is 1. The van der Waals surface area contributed by atoms with Crippen LogP contribution in [0.2, 0.25) is 10.0 Å². The maximum absolute atomic E-state index is 11.8. The van der Waals surface area contributed by atoms with Gasteiger partial charge in [-0.15, -0.1) is 0 Å². The lowest BCUT2D eigenvalue weighted by Gasteiger charge is -2.29. The Morgan fingerprint density at radius 1 is 0.837 bits per heavy atom. The Morgan fingerprint density at radius 2 is 1.33 bits per heavy atom. The fraction of sp³-hybridized carbons (Fsp3) is 0.344.